The van der Waals surface area contributed by atoms with Gasteiger partial charge in [-0.05, 0) is 24.3 Å². The van der Waals surface area contributed by atoms with Gasteiger partial charge in [-0.25, -0.2) is 8.42 Å². The molecular formula is C13H13ClN2O3S. The number of fused-ring (bicyclic) bond motifs is 1. The fourth-order valence-electron chi connectivity index (χ4n) is 2.30. The third kappa shape index (κ3) is 2.46. The zero-order valence-electron chi connectivity index (χ0n) is 10.8. The van der Waals surface area contributed by atoms with Crippen molar-refractivity contribution in [3.05, 3.63) is 40.5 Å². The number of benzene rings is 1. The van der Waals surface area contributed by atoms with Gasteiger partial charge in [-0.3, -0.25) is 0 Å². The SMILES string of the molecule is CS(=O)(=O)N1CCc2noc(-c3ccc(Cl)cc3)c2C1. The first-order chi connectivity index (χ1) is 9.45. The van der Waals surface area contributed by atoms with Gasteiger partial charge in [0.2, 0.25) is 10.0 Å². The summed E-state index contributed by atoms with van der Waals surface area (Å²) in [5, 5.41) is 4.68. The number of halogens is 1. The van der Waals surface area contributed by atoms with Crippen LogP contribution in [0.4, 0.5) is 0 Å². The lowest BCUT2D eigenvalue weighted by molar-refractivity contribution is 0.389. The summed E-state index contributed by atoms with van der Waals surface area (Å²) < 4.78 is 30.2. The summed E-state index contributed by atoms with van der Waals surface area (Å²) >= 11 is 5.87. The van der Waals surface area contributed by atoms with E-state index in [1.165, 1.54) is 10.6 Å². The molecule has 1 aromatic heterocycles. The Kier molecular flexibility index (Phi) is 3.32. The highest BCUT2D eigenvalue weighted by molar-refractivity contribution is 7.88. The number of aromatic nitrogens is 1. The zero-order valence-corrected chi connectivity index (χ0v) is 12.4. The first-order valence-corrected chi connectivity index (χ1v) is 8.36. The second kappa shape index (κ2) is 4.87. The number of rotatable bonds is 2. The molecule has 1 aliphatic heterocycles. The molecule has 0 atom stereocenters. The zero-order chi connectivity index (χ0) is 14.3. The molecule has 1 aliphatic rings. The average molecular weight is 313 g/mol. The predicted molar refractivity (Wildman–Crippen MR) is 75.9 cm³/mol. The molecule has 0 aliphatic carbocycles. The van der Waals surface area contributed by atoms with Crippen LogP contribution in [0.5, 0.6) is 0 Å². The van der Waals surface area contributed by atoms with Gasteiger partial charge in [0.25, 0.3) is 0 Å². The van der Waals surface area contributed by atoms with Gasteiger partial charge in [0.05, 0.1) is 11.9 Å². The second-order valence-electron chi connectivity index (χ2n) is 4.79. The van der Waals surface area contributed by atoms with Gasteiger partial charge in [-0.2, -0.15) is 4.31 Å². The van der Waals surface area contributed by atoms with Crippen molar-refractivity contribution in [1.29, 1.82) is 0 Å². The van der Waals surface area contributed by atoms with E-state index in [1.807, 2.05) is 12.1 Å². The molecule has 3 rings (SSSR count). The number of hydrogen-bond acceptors (Lipinski definition) is 4. The Hall–Kier alpha value is -1.37. The Morgan fingerprint density at radius 3 is 2.65 bits per heavy atom. The van der Waals surface area contributed by atoms with Crippen molar-refractivity contribution in [3.63, 3.8) is 0 Å². The smallest absolute Gasteiger partial charge is 0.211 e. The minimum Gasteiger partial charge on any atom is -0.356 e. The quantitative estimate of drug-likeness (QED) is 0.853. The molecule has 0 amide bonds. The summed E-state index contributed by atoms with van der Waals surface area (Å²) in [6.07, 6.45) is 1.78. The van der Waals surface area contributed by atoms with Crippen LogP contribution >= 0.6 is 11.6 Å². The van der Waals surface area contributed by atoms with Crippen LogP contribution in [-0.4, -0.2) is 30.7 Å². The summed E-state index contributed by atoms with van der Waals surface area (Å²) in [6, 6.07) is 7.21. The van der Waals surface area contributed by atoms with E-state index in [9.17, 15) is 8.42 Å². The molecule has 0 spiro atoms. The standard InChI is InChI=1S/C13H13ClN2O3S/c1-20(17,18)16-7-6-12-11(8-16)13(19-15-12)9-2-4-10(14)5-3-9/h2-5H,6-8H2,1H3. The molecule has 0 unspecified atom stereocenters. The van der Waals surface area contributed by atoms with Crippen molar-refractivity contribution >= 4 is 21.6 Å². The first kappa shape index (κ1) is 13.6. The van der Waals surface area contributed by atoms with E-state index in [4.69, 9.17) is 16.1 Å². The second-order valence-corrected chi connectivity index (χ2v) is 7.21. The maximum atomic E-state index is 11.7. The van der Waals surface area contributed by atoms with Crippen LogP contribution in [0.15, 0.2) is 28.8 Å². The van der Waals surface area contributed by atoms with Crippen LogP contribution in [0.3, 0.4) is 0 Å². The molecule has 0 saturated heterocycles. The van der Waals surface area contributed by atoms with Crippen LogP contribution in [0.1, 0.15) is 11.3 Å². The van der Waals surface area contributed by atoms with E-state index in [2.05, 4.69) is 5.16 Å². The van der Waals surface area contributed by atoms with Crippen molar-refractivity contribution in [2.75, 3.05) is 12.8 Å². The van der Waals surface area contributed by atoms with E-state index in [-0.39, 0.29) is 0 Å². The molecule has 20 heavy (non-hydrogen) atoms. The maximum Gasteiger partial charge on any atom is 0.211 e. The third-order valence-corrected chi connectivity index (χ3v) is 4.88. The van der Waals surface area contributed by atoms with Crippen molar-refractivity contribution in [2.24, 2.45) is 0 Å². The van der Waals surface area contributed by atoms with E-state index in [0.29, 0.717) is 30.3 Å². The van der Waals surface area contributed by atoms with Crippen molar-refractivity contribution in [3.8, 4) is 11.3 Å². The molecule has 2 heterocycles. The molecule has 0 N–H and O–H groups in total. The molecule has 0 saturated carbocycles. The minimum atomic E-state index is -3.21. The highest BCUT2D eigenvalue weighted by Gasteiger charge is 2.29. The monoisotopic (exact) mass is 312 g/mol. The highest BCUT2D eigenvalue weighted by atomic mass is 35.5. The van der Waals surface area contributed by atoms with Gasteiger partial charge in [0, 0.05) is 35.7 Å². The number of hydrogen-bond donors (Lipinski definition) is 0. The summed E-state index contributed by atoms with van der Waals surface area (Å²) in [4.78, 5) is 0. The number of sulfonamides is 1. The normalized spacial score (nSPS) is 16.1. The lowest BCUT2D eigenvalue weighted by atomic mass is 10.0. The first-order valence-electron chi connectivity index (χ1n) is 6.13. The lowest BCUT2D eigenvalue weighted by Crippen LogP contribution is -2.35. The van der Waals surface area contributed by atoms with Crippen LogP contribution in [0.25, 0.3) is 11.3 Å². The van der Waals surface area contributed by atoms with Gasteiger partial charge in [0.15, 0.2) is 5.76 Å². The molecule has 0 bridgehead atoms. The van der Waals surface area contributed by atoms with Crippen LogP contribution < -0.4 is 0 Å². The van der Waals surface area contributed by atoms with Crippen molar-refractivity contribution < 1.29 is 12.9 Å². The fraction of sp³-hybridized carbons (Fsp3) is 0.308. The van der Waals surface area contributed by atoms with Gasteiger partial charge >= 0.3 is 0 Å². The van der Waals surface area contributed by atoms with E-state index < -0.39 is 10.0 Å². The van der Waals surface area contributed by atoms with Crippen LogP contribution in [0, 0.1) is 0 Å². The van der Waals surface area contributed by atoms with E-state index in [0.717, 1.165) is 16.8 Å². The minimum absolute atomic E-state index is 0.301. The highest BCUT2D eigenvalue weighted by Crippen LogP contribution is 2.31. The molecule has 1 aromatic carbocycles. The third-order valence-electron chi connectivity index (χ3n) is 3.38. The van der Waals surface area contributed by atoms with Gasteiger partial charge in [-0.15, -0.1) is 0 Å². The molecule has 7 heteroatoms. The molecule has 5 nitrogen and oxygen atoms in total. The summed E-state index contributed by atoms with van der Waals surface area (Å²) in [5.41, 5.74) is 2.51. The molecule has 2 aromatic rings. The Labute approximate surface area is 122 Å². The van der Waals surface area contributed by atoms with Crippen molar-refractivity contribution in [1.82, 2.24) is 9.46 Å². The van der Waals surface area contributed by atoms with Crippen molar-refractivity contribution in [2.45, 2.75) is 13.0 Å². The van der Waals surface area contributed by atoms with E-state index >= 15 is 0 Å². The molecule has 106 valence electrons. The molecule has 0 fully saturated rings. The van der Waals surface area contributed by atoms with Gasteiger partial charge in [-0.1, -0.05) is 16.8 Å². The number of nitrogens with zero attached hydrogens (tertiary/aromatic N) is 2. The Balaban J connectivity index is 2.01. The summed E-state index contributed by atoms with van der Waals surface area (Å²) in [7, 11) is -3.21. The molecular weight excluding hydrogens is 300 g/mol. The lowest BCUT2D eigenvalue weighted by Gasteiger charge is -2.23. The van der Waals surface area contributed by atoms with Gasteiger partial charge in [0.1, 0.15) is 0 Å². The van der Waals surface area contributed by atoms with Crippen LogP contribution in [-0.2, 0) is 23.0 Å². The van der Waals surface area contributed by atoms with Crippen LogP contribution in [0.2, 0.25) is 5.02 Å². The van der Waals surface area contributed by atoms with Gasteiger partial charge < -0.3 is 4.52 Å². The summed E-state index contributed by atoms with van der Waals surface area (Å²) in [6.45, 7) is 0.744. The Morgan fingerprint density at radius 1 is 1.30 bits per heavy atom. The topological polar surface area (TPSA) is 63.4 Å². The van der Waals surface area contributed by atoms with E-state index in [1.54, 1.807) is 12.1 Å². The largest absolute Gasteiger partial charge is 0.356 e. The Morgan fingerprint density at radius 2 is 2.00 bits per heavy atom. The predicted octanol–water partition coefficient (Wildman–Crippen LogP) is 2.31. The maximum absolute atomic E-state index is 11.7. The summed E-state index contributed by atoms with van der Waals surface area (Å²) in [5.74, 6) is 0.616. The Bertz CT molecular complexity index is 737. The fourth-order valence-corrected chi connectivity index (χ4v) is 3.21. The average Bonchev–Trinajstić information content (AvgIpc) is 2.81. The molecule has 0 radical (unpaired) electrons.